The zero-order chi connectivity index (χ0) is 14.2. The Morgan fingerprint density at radius 3 is 2.55 bits per heavy atom. The molecule has 1 aliphatic rings. The van der Waals surface area contributed by atoms with Crippen LogP contribution in [-0.2, 0) is 0 Å². The van der Waals surface area contributed by atoms with Crippen molar-refractivity contribution in [3.63, 3.8) is 0 Å². The molecule has 20 heavy (non-hydrogen) atoms. The SMILES string of the molecule is Cc1cccc(C#N)c1OCCN1CCCCCCC1. The van der Waals surface area contributed by atoms with E-state index in [9.17, 15) is 0 Å². The standard InChI is InChI=1S/C17H24N2O/c1-15-8-7-9-16(14-18)17(15)20-13-12-19-10-5-3-2-4-6-11-19/h7-9H,2-6,10-13H2,1H3. The van der Waals surface area contributed by atoms with E-state index >= 15 is 0 Å². The van der Waals surface area contributed by atoms with Crippen LogP contribution in [-0.4, -0.2) is 31.1 Å². The summed E-state index contributed by atoms with van der Waals surface area (Å²) in [6, 6.07) is 7.92. The van der Waals surface area contributed by atoms with Gasteiger partial charge >= 0.3 is 0 Å². The van der Waals surface area contributed by atoms with Crippen LogP contribution in [0.5, 0.6) is 5.75 Å². The lowest BCUT2D eigenvalue weighted by Crippen LogP contribution is -2.31. The Balaban J connectivity index is 1.85. The molecule has 0 bridgehead atoms. The quantitative estimate of drug-likeness (QED) is 0.841. The number of rotatable bonds is 4. The molecule has 0 atom stereocenters. The number of nitriles is 1. The lowest BCUT2D eigenvalue weighted by molar-refractivity contribution is 0.195. The Kier molecular flexibility index (Phi) is 5.88. The van der Waals surface area contributed by atoms with Crippen molar-refractivity contribution in [1.29, 1.82) is 5.26 Å². The van der Waals surface area contributed by atoms with Crippen LogP contribution in [0.1, 0.15) is 43.2 Å². The minimum absolute atomic E-state index is 0.637. The highest BCUT2D eigenvalue weighted by molar-refractivity contribution is 5.47. The molecule has 1 fully saturated rings. The Morgan fingerprint density at radius 1 is 1.15 bits per heavy atom. The van der Waals surface area contributed by atoms with E-state index in [2.05, 4.69) is 11.0 Å². The smallest absolute Gasteiger partial charge is 0.140 e. The fraction of sp³-hybridized carbons (Fsp3) is 0.588. The van der Waals surface area contributed by atoms with Gasteiger partial charge in [-0.05, 0) is 44.5 Å². The molecule has 0 unspecified atom stereocenters. The molecule has 1 saturated heterocycles. The van der Waals surface area contributed by atoms with Crippen molar-refractivity contribution in [2.45, 2.75) is 39.0 Å². The van der Waals surface area contributed by atoms with Crippen molar-refractivity contribution < 1.29 is 4.74 Å². The molecule has 1 heterocycles. The van der Waals surface area contributed by atoms with E-state index in [1.807, 2.05) is 25.1 Å². The summed E-state index contributed by atoms with van der Waals surface area (Å²) < 4.78 is 5.87. The van der Waals surface area contributed by atoms with Crippen LogP contribution in [0.4, 0.5) is 0 Å². The second-order valence-electron chi connectivity index (χ2n) is 5.52. The van der Waals surface area contributed by atoms with E-state index < -0.39 is 0 Å². The van der Waals surface area contributed by atoms with Gasteiger partial charge < -0.3 is 4.74 Å². The van der Waals surface area contributed by atoms with E-state index in [1.54, 1.807) is 0 Å². The van der Waals surface area contributed by atoms with Crippen LogP contribution in [0, 0.1) is 18.3 Å². The van der Waals surface area contributed by atoms with Crippen molar-refractivity contribution >= 4 is 0 Å². The van der Waals surface area contributed by atoms with Gasteiger partial charge in [-0.2, -0.15) is 5.26 Å². The first-order chi connectivity index (χ1) is 9.81. The fourth-order valence-electron chi connectivity index (χ4n) is 2.75. The van der Waals surface area contributed by atoms with E-state index in [1.165, 1.54) is 45.2 Å². The van der Waals surface area contributed by atoms with Gasteiger partial charge in [0.15, 0.2) is 0 Å². The Morgan fingerprint density at radius 2 is 1.85 bits per heavy atom. The van der Waals surface area contributed by atoms with Crippen molar-refractivity contribution in [3.05, 3.63) is 29.3 Å². The van der Waals surface area contributed by atoms with Gasteiger partial charge in [-0.3, -0.25) is 4.90 Å². The number of para-hydroxylation sites is 1. The maximum atomic E-state index is 9.12. The summed E-state index contributed by atoms with van der Waals surface area (Å²) >= 11 is 0. The van der Waals surface area contributed by atoms with Gasteiger partial charge in [0.25, 0.3) is 0 Å². The molecule has 1 aromatic rings. The Hall–Kier alpha value is -1.53. The molecule has 108 valence electrons. The first-order valence-corrected chi connectivity index (χ1v) is 7.66. The second-order valence-corrected chi connectivity index (χ2v) is 5.52. The highest BCUT2D eigenvalue weighted by atomic mass is 16.5. The van der Waals surface area contributed by atoms with Crippen molar-refractivity contribution in [2.75, 3.05) is 26.2 Å². The topological polar surface area (TPSA) is 36.3 Å². The average Bonchev–Trinajstić information content (AvgIpc) is 2.42. The summed E-state index contributed by atoms with van der Waals surface area (Å²) in [6.07, 6.45) is 6.70. The zero-order valence-corrected chi connectivity index (χ0v) is 12.4. The van der Waals surface area contributed by atoms with Gasteiger partial charge in [-0.25, -0.2) is 0 Å². The first kappa shape index (κ1) is 14.9. The highest BCUT2D eigenvalue weighted by Gasteiger charge is 2.10. The van der Waals surface area contributed by atoms with Gasteiger partial charge in [-0.1, -0.05) is 31.4 Å². The predicted octanol–water partition coefficient (Wildman–Crippen LogP) is 3.51. The van der Waals surface area contributed by atoms with E-state index in [0.717, 1.165) is 17.9 Å². The summed E-state index contributed by atoms with van der Waals surface area (Å²) in [5.74, 6) is 0.752. The summed E-state index contributed by atoms with van der Waals surface area (Å²) in [5, 5.41) is 9.12. The molecule has 1 aliphatic heterocycles. The third kappa shape index (κ3) is 4.25. The third-order valence-electron chi connectivity index (χ3n) is 3.93. The number of hydrogen-bond donors (Lipinski definition) is 0. The van der Waals surface area contributed by atoms with Crippen LogP contribution >= 0.6 is 0 Å². The van der Waals surface area contributed by atoms with Crippen LogP contribution in [0.15, 0.2) is 18.2 Å². The summed E-state index contributed by atoms with van der Waals surface area (Å²) in [7, 11) is 0. The lowest BCUT2D eigenvalue weighted by Gasteiger charge is -2.24. The Bertz CT molecular complexity index is 457. The van der Waals surface area contributed by atoms with Crippen molar-refractivity contribution in [2.24, 2.45) is 0 Å². The number of hydrogen-bond acceptors (Lipinski definition) is 3. The van der Waals surface area contributed by atoms with E-state index in [-0.39, 0.29) is 0 Å². The van der Waals surface area contributed by atoms with E-state index in [4.69, 9.17) is 10.00 Å². The number of likely N-dealkylation sites (tertiary alicyclic amines) is 1. The largest absolute Gasteiger partial charge is 0.491 e. The molecule has 0 saturated carbocycles. The number of ether oxygens (including phenoxy) is 1. The highest BCUT2D eigenvalue weighted by Crippen LogP contribution is 2.22. The van der Waals surface area contributed by atoms with Gasteiger partial charge in [-0.15, -0.1) is 0 Å². The molecule has 3 heteroatoms. The predicted molar refractivity (Wildman–Crippen MR) is 80.9 cm³/mol. The summed E-state index contributed by atoms with van der Waals surface area (Å²) in [4.78, 5) is 2.49. The third-order valence-corrected chi connectivity index (χ3v) is 3.93. The minimum Gasteiger partial charge on any atom is -0.491 e. The molecular weight excluding hydrogens is 248 g/mol. The number of aryl methyl sites for hydroxylation is 1. The molecule has 0 aliphatic carbocycles. The van der Waals surface area contributed by atoms with Crippen molar-refractivity contribution in [1.82, 2.24) is 4.90 Å². The molecule has 0 N–H and O–H groups in total. The van der Waals surface area contributed by atoms with Gasteiger partial charge in [0.2, 0.25) is 0 Å². The molecule has 2 rings (SSSR count). The fourth-order valence-corrected chi connectivity index (χ4v) is 2.75. The maximum Gasteiger partial charge on any atom is 0.140 e. The second kappa shape index (κ2) is 7.91. The molecule has 0 spiro atoms. The summed E-state index contributed by atoms with van der Waals surface area (Å²) in [5.41, 5.74) is 1.68. The van der Waals surface area contributed by atoms with Crippen LogP contribution in [0.25, 0.3) is 0 Å². The van der Waals surface area contributed by atoms with Crippen LogP contribution in [0.2, 0.25) is 0 Å². The monoisotopic (exact) mass is 272 g/mol. The average molecular weight is 272 g/mol. The van der Waals surface area contributed by atoms with Gasteiger partial charge in [0, 0.05) is 6.54 Å². The molecule has 1 aromatic carbocycles. The molecule has 0 aromatic heterocycles. The molecule has 3 nitrogen and oxygen atoms in total. The van der Waals surface area contributed by atoms with Crippen molar-refractivity contribution in [3.8, 4) is 11.8 Å². The minimum atomic E-state index is 0.637. The van der Waals surface area contributed by atoms with Crippen LogP contribution < -0.4 is 4.74 Å². The Labute approximate surface area is 122 Å². The summed E-state index contributed by atoms with van der Waals surface area (Å²) in [6.45, 7) is 5.98. The maximum absolute atomic E-state index is 9.12. The number of benzene rings is 1. The molecule has 0 radical (unpaired) electrons. The van der Waals surface area contributed by atoms with Gasteiger partial charge in [0.1, 0.15) is 18.4 Å². The molecular formula is C17H24N2O. The number of nitrogens with zero attached hydrogens (tertiary/aromatic N) is 2. The molecule has 0 amide bonds. The van der Waals surface area contributed by atoms with E-state index in [0.29, 0.717) is 12.2 Å². The lowest BCUT2D eigenvalue weighted by atomic mass is 10.1. The zero-order valence-electron chi connectivity index (χ0n) is 12.4. The van der Waals surface area contributed by atoms with Crippen LogP contribution in [0.3, 0.4) is 0 Å². The van der Waals surface area contributed by atoms with Gasteiger partial charge in [0.05, 0.1) is 5.56 Å². The first-order valence-electron chi connectivity index (χ1n) is 7.66. The normalized spacial score (nSPS) is 17.0.